The van der Waals surface area contributed by atoms with Crippen LogP contribution in [0.2, 0.25) is 0 Å². The van der Waals surface area contributed by atoms with Crippen LogP contribution in [0.4, 0.5) is 13.2 Å². The SMILES string of the molecule is CCCc1nc(C(=O)NC[C@@H](C)Cn2nc(C)cc2C(F)(F)F)cs1. The normalized spacial score (nSPS) is 13.0. The van der Waals surface area contributed by atoms with Crippen molar-refractivity contribution in [2.75, 3.05) is 6.54 Å². The van der Waals surface area contributed by atoms with Crippen molar-refractivity contribution in [2.24, 2.45) is 5.92 Å². The zero-order chi connectivity index (χ0) is 18.6. The summed E-state index contributed by atoms with van der Waals surface area (Å²) in [5.74, 6) is -0.517. The molecular formula is C16H21F3N4OS. The molecule has 0 aliphatic rings. The van der Waals surface area contributed by atoms with Gasteiger partial charge in [0.15, 0.2) is 0 Å². The highest BCUT2D eigenvalue weighted by atomic mass is 32.1. The summed E-state index contributed by atoms with van der Waals surface area (Å²) in [6.07, 6.45) is -2.66. The summed E-state index contributed by atoms with van der Waals surface area (Å²) in [5, 5.41) is 9.22. The molecule has 1 atom stereocenters. The first-order valence-corrected chi connectivity index (χ1v) is 8.93. The van der Waals surface area contributed by atoms with Crippen molar-refractivity contribution < 1.29 is 18.0 Å². The number of rotatable bonds is 7. The predicted octanol–water partition coefficient (Wildman–Crippen LogP) is 3.69. The summed E-state index contributed by atoms with van der Waals surface area (Å²) in [6, 6.07) is 1.02. The lowest BCUT2D eigenvalue weighted by molar-refractivity contribution is -0.144. The van der Waals surface area contributed by atoms with Crippen LogP contribution in [0, 0.1) is 12.8 Å². The second-order valence-corrected chi connectivity index (χ2v) is 6.99. The maximum absolute atomic E-state index is 13.0. The van der Waals surface area contributed by atoms with E-state index in [-0.39, 0.29) is 24.9 Å². The van der Waals surface area contributed by atoms with Crippen LogP contribution >= 0.6 is 11.3 Å². The highest BCUT2D eigenvalue weighted by Crippen LogP contribution is 2.30. The number of halogens is 3. The third kappa shape index (κ3) is 5.29. The topological polar surface area (TPSA) is 59.8 Å². The van der Waals surface area contributed by atoms with Gasteiger partial charge in [-0.25, -0.2) is 4.98 Å². The van der Waals surface area contributed by atoms with Crippen molar-refractivity contribution in [3.05, 3.63) is 33.5 Å². The van der Waals surface area contributed by atoms with Gasteiger partial charge in [0.1, 0.15) is 11.4 Å². The lowest BCUT2D eigenvalue weighted by Gasteiger charge is -2.15. The number of thiazole rings is 1. The zero-order valence-electron chi connectivity index (χ0n) is 14.4. The van der Waals surface area contributed by atoms with E-state index >= 15 is 0 Å². The van der Waals surface area contributed by atoms with Gasteiger partial charge >= 0.3 is 6.18 Å². The maximum atomic E-state index is 13.0. The second kappa shape index (κ2) is 7.99. The van der Waals surface area contributed by atoms with Gasteiger partial charge in [0.2, 0.25) is 0 Å². The minimum atomic E-state index is -4.44. The molecule has 0 fully saturated rings. The van der Waals surface area contributed by atoms with Gasteiger partial charge in [0, 0.05) is 18.5 Å². The summed E-state index contributed by atoms with van der Waals surface area (Å²) < 4.78 is 39.9. The molecule has 0 aromatic carbocycles. The van der Waals surface area contributed by atoms with E-state index in [1.165, 1.54) is 18.3 Å². The Morgan fingerprint density at radius 1 is 1.44 bits per heavy atom. The quantitative estimate of drug-likeness (QED) is 0.804. The van der Waals surface area contributed by atoms with Crippen molar-refractivity contribution in [2.45, 2.75) is 46.3 Å². The number of amides is 1. The molecule has 0 saturated heterocycles. The number of alkyl halides is 3. The molecule has 0 aliphatic heterocycles. The number of hydrogen-bond acceptors (Lipinski definition) is 4. The first kappa shape index (κ1) is 19.4. The summed E-state index contributed by atoms with van der Waals surface area (Å²) in [5.41, 5.74) is -0.104. The van der Waals surface area contributed by atoms with Crippen LogP contribution in [0.15, 0.2) is 11.4 Å². The molecule has 2 rings (SSSR count). The lowest BCUT2D eigenvalue weighted by atomic mass is 10.2. The van der Waals surface area contributed by atoms with E-state index in [0.717, 1.165) is 28.6 Å². The van der Waals surface area contributed by atoms with Gasteiger partial charge in [-0.1, -0.05) is 13.8 Å². The van der Waals surface area contributed by atoms with Gasteiger partial charge in [-0.05, 0) is 31.7 Å². The standard InChI is InChI=1S/C16H21F3N4OS/c1-4-5-14-21-12(9-25-14)15(24)20-7-10(2)8-23-13(16(17,18)19)6-11(3)22-23/h6,9-10H,4-5,7-8H2,1-3H3,(H,20,24)/t10-/m1/s1. The van der Waals surface area contributed by atoms with E-state index in [9.17, 15) is 18.0 Å². The first-order valence-electron chi connectivity index (χ1n) is 8.05. The molecule has 0 bridgehead atoms. The Morgan fingerprint density at radius 2 is 2.16 bits per heavy atom. The van der Waals surface area contributed by atoms with Crippen LogP contribution in [0.5, 0.6) is 0 Å². The summed E-state index contributed by atoms with van der Waals surface area (Å²) in [7, 11) is 0. The van der Waals surface area contributed by atoms with Crippen molar-refractivity contribution in [3.63, 3.8) is 0 Å². The Balaban J connectivity index is 1.92. The molecular weight excluding hydrogens is 353 g/mol. The fourth-order valence-electron chi connectivity index (χ4n) is 2.37. The summed E-state index contributed by atoms with van der Waals surface area (Å²) in [4.78, 5) is 16.3. The van der Waals surface area contributed by atoms with Crippen molar-refractivity contribution in [1.82, 2.24) is 20.1 Å². The fraction of sp³-hybridized carbons (Fsp3) is 0.562. The molecule has 1 amide bonds. The number of carbonyl (C=O) groups excluding carboxylic acids is 1. The van der Waals surface area contributed by atoms with Gasteiger partial charge < -0.3 is 5.32 Å². The molecule has 0 unspecified atom stereocenters. The second-order valence-electron chi connectivity index (χ2n) is 6.04. The Bertz CT molecular complexity index is 723. The van der Waals surface area contributed by atoms with Crippen LogP contribution in [-0.4, -0.2) is 27.2 Å². The highest BCUT2D eigenvalue weighted by molar-refractivity contribution is 7.09. The van der Waals surface area contributed by atoms with Crippen LogP contribution in [0.3, 0.4) is 0 Å². The smallest absolute Gasteiger partial charge is 0.350 e. The molecule has 1 N–H and O–H groups in total. The molecule has 2 aromatic rings. The average Bonchev–Trinajstić information content (AvgIpc) is 3.11. The summed E-state index contributed by atoms with van der Waals surface area (Å²) >= 11 is 1.44. The molecule has 138 valence electrons. The largest absolute Gasteiger partial charge is 0.433 e. The third-order valence-corrected chi connectivity index (χ3v) is 4.45. The first-order chi connectivity index (χ1) is 11.7. The zero-order valence-corrected chi connectivity index (χ0v) is 15.2. The molecule has 2 aromatic heterocycles. The molecule has 25 heavy (non-hydrogen) atoms. The molecule has 2 heterocycles. The fourth-order valence-corrected chi connectivity index (χ4v) is 3.25. The number of aryl methyl sites for hydroxylation is 2. The molecule has 0 radical (unpaired) electrons. The van der Waals surface area contributed by atoms with Gasteiger partial charge in [0.25, 0.3) is 5.91 Å². The molecule has 0 spiro atoms. The summed E-state index contributed by atoms with van der Waals surface area (Å²) in [6.45, 7) is 5.64. The highest BCUT2D eigenvalue weighted by Gasteiger charge is 2.35. The van der Waals surface area contributed by atoms with E-state index < -0.39 is 11.9 Å². The van der Waals surface area contributed by atoms with Gasteiger partial charge in [-0.15, -0.1) is 11.3 Å². The van der Waals surface area contributed by atoms with Crippen LogP contribution in [-0.2, 0) is 19.1 Å². The van der Waals surface area contributed by atoms with Crippen molar-refractivity contribution >= 4 is 17.2 Å². The van der Waals surface area contributed by atoms with Gasteiger partial charge in [0.05, 0.1) is 10.7 Å². The monoisotopic (exact) mass is 374 g/mol. The number of nitrogens with one attached hydrogen (secondary N) is 1. The number of hydrogen-bond donors (Lipinski definition) is 1. The van der Waals surface area contributed by atoms with Crippen LogP contribution in [0.25, 0.3) is 0 Å². The maximum Gasteiger partial charge on any atom is 0.433 e. The number of aromatic nitrogens is 3. The molecule has 5 nitrogen and oxygen atoms in total. The minimum absolute atomic E-state index is 0.0705. The number of nitrogens with zero attached hydrogens (tertiary/aromatic N) is 3. The van der Waals surface area contributed by atoms with E-state index in [0.29, 0.717) is 11.4 Å². The Hall–Kier alpha value is -1.90. The van der Waals surface area contributed by atoms with E-state index in [1.807, 2.05) is 6.92 Å². The van der Waals surface area contributed by atoms with E-state index in [1.54, 1.807) is 12.3 Å². The Kier molecular flexibility index (Phi) is 6.21. The average molecular weight is 374 g/mol. The Labute approximate surface area is 148 Å². The third-order valence-electron chi connectivity index (χ3n) is 3.54. The molecule has 9 heteroatoms. The minimum Gasteiger partial charge on any atom is -0.350 e. The Morgan fingerprint density at radius 3 is 2.80 bits per heavy atom. The van der Waals surface area contributed by atoms with Crippen LogP contribution < -0.4 is 5.32 Å². The van der Waals surface area contributed by atoms with Gasteiger partial charge in [-0.2, -0.15) is 18.3 Å². The van der Waals surface area contributed by atoms with E-state index in [2.05, 4.69) is 15.4 Å². The van der Waals surface area contributed by atoms with E-state index in [4.69, 9.17) is 0 Å². The number of carbonyl (C=O) groups is 1. The molecule has 0 aliphatic carbocycles. The van der Waals surface area contributed by atoms with Gasteiger partial charge in [-0.3, -0.25) is 9.48 Å². The lowest BCUT2D eigenvalue weighted by Crippen LogP contribution is -2.31. The van der Waals surface area contributed by atoms with Crippen molar-refractivity contribution in [1.29, 1.82) is 0 Å². The van der Waals surface area contributed by atoms with Crippen molar-refractivity contribution in [3.8, 4) is 0 Å². The predicted molar refractivity (Wildman–Crippen MR) is 89.6 cm³/mol. The molecule has 0 saturated carbocycles. The van der Waals surface area contributed by atoms with Crippen LogP contribution in [0.1, 0.15) is 47.2 Å².